The minimum atomic E-state index is -1.13. The molecule has 2 aromatic rings. The molecule has 4 rings (SSSR count). The highest BCUT2D eigenvalue weighted by Crippen LogP contribution is 2.52. The van der Waals surface area contributed by atoms with Crippen molar-refractivity contribution >= 4 is 11.6 Å². The van der Waals surface area contributed by atoms with E-state index in [1.165, 1.54) is 19.2 Å². The van der Waals surface area contributed by atoms with Gasteiger partial charge in [-0.1, -0.05) is 12.1 Å². The Kier molecular flexibility index (Phi) is 3.45. The minimum absolute atomic E-state index is 0.0155. The topological polar surface area (TPSA) is 113 Å². The Balaban J connectivity index is 2.07. The maximum absolute atomic E-state index is 13.0. The third kappa shape index (κ3) is 1.97. The number of ether oxygens (including phenoxy) is 2. The van der Waals surface area contributed by atoms with Crippen molar-refractivity contribution < 1.29 is 34.4 Å². The molecule has 0 saturated carbocycles. The lowest BCUT2D eigenvalue weighted by molar-refractivity contribution is 0.0690. The van der Waals surface area contributed by atoms with Gasteiger partial charge in [-0.2, -0.15) is 0 Å². The van der Waals surface area contributed by atoms with Crippen LogP contribution in [0.15, 0.2) is 18.2 Å². The van der Waals surface area contributed by atoms with E-state index in [2.05, 4.69) is 0 Å². The number of rotatable bonds is 1. The molecule has 1 aliphatic carbocycles. The third-order valence-corrected chi connectivity index (χ3v) is 4.82. The molecule has 134 valence electrons. The molecule has 2 aromatic carbocycles. The predicted octanol–water partition coefficient (Wildman–Crippen LogP) is 2.09. The van der Waals surface area contributed by atoms with Crippen molar-refractivity contribution in [2.24, 2.45) is 0 Å². The molecule has 1 heterocycles. The Bertz CT molecular complexity index is 977. The van der Waals surface area contributed by atoms with E-state index in [0.29, 0.717) is 0 Å². The van der Waals surface area contributed by atoms with Gasteiger partial charge in [0.25, 0.3) is 0 Å². The smallest absolute Gasteiger partial charge is 0.202 e. The summed E-state index contributed by atoms with van der Waals surface area (Å²) in [5, 5.41) is 31.6. The molecule has 0 fully saturated rings. The van der Waals surface area contributed by atoms with Gasteiger partial charge in [-0.3, -0.25) is 9.59 Å². The van der Waals surface area contributed by atoms with Crippen LogP contribution in [0.25, 0.3) is 0 Å². The van der Waals surface area contributed by atoms with Crippen LogP contribution in [-0.4, -0.2) is 40.1 Å². The average molecular weight is 356 g/mol. The fourth-order valence-corrected chi connectivity index (χ4v) is 3.66. The second kappa shape index (κ2) is 5.47. The highest BCUT2D eigenvalue weighted by molar-refractivity contribution is 6.31. The van der Waals surface area contributed by atoms with Crippen molar-refractivity contribution in [3.05, 3.63) is 46.0 Å². The molecule has 0 spiro atoms. The Morgan fingerprint density at radius 1 is 1.08 bits per heavy atom. The van der Waals surface area contributed by atoms with E-state index in [1.54, 1.807) is 13.0 Å². The summed E-state index contributed by atoms with van der Waals surface area (Å²) in [5.74, 6) is -2.37. The van der Waals surface area contributed by atoms with E-state index in [4.69, 9.17) is 9.47 Å². The summed E-state index contributed by atoms with van der Waals surface area (Å²) in [5.41, 5.74) is -0.671. The molecule has 0 bridgehead atoms. The summed E-state index contributed by atoms with van der Waals surface area (Å²) in [7, 11) is 1.37. The fourth-order valence-electron chi connectivity index (χ4n) is 3.66. The first kappa shape index (κ1) is 16.4. The maximum Gasteiger partial charge on any atom is 0.202 e. The van der Waals surface area contributed by atoms with E-state index in [9.17, 15) is 24.9 Å². The van der Waals surface area contributed by atoms with Crippen molar-refractivity contribution in [1.82, 2.24) is 0 Å². The second-order valence-corrected chi connectivity index (χ2v) is 6.41. The first-order valence-electron chi connectivity index (χ1n) is 8.09. The molecule has 1 aliphatic heterocycles. The molecule has 2 aliphatic rings. The van der Waals surface area contributed by atoms with Gasteiger partial charge in [0.2, 0.25) is 5.78 Å². The number of phenolic OH excluding ortho intramolecular Hbond substituents is 2. The zero-order valence-corrected chi connectivity index (χ0v) is 14.1. The Labute approximate surface area is 148 Å². The number of aliphatic hydroxyl groups is 1. The van der Waals surface area contributed by atoms with Crippen LogP contribution in [0.4, 0.5) is 0 Å². The van der Waals surface area contributed by atoms with Crippen LogP contribution in [0.1, 0.15) is 56.9 Å². The van der Waals surface area contributed by atoms with Crippen molar-refractivity contribution in [1.29, 1.82) is 0 Å². The van der Waals surface area contributed by atoms with Crippen molar-refractivity contribution in [2.75, 3.05) is 7.11 Å². The highest BCUT2D eigenvalue weighted by atomic mass is 16.5. The summed E-state index contributed by atoms with van der Waals surface area (Å²) < 4.78 is 10.7. The van der Waals surface area contributed by atoms with Crippen molar-refractivity contribution in [2.45, 2.75) is 25.6 Å². The number of fused-ring (bicyclic) bond motifs is 3. The molecule has 0 radical (unpaired) electrons. The van der Waals surface area contributed by atoms with Crippen LogP contribution in [0, 0.1) is 0 Å². The average Bonchev–Trinajstić information content (AvgIpc) is 2.61. The Morgan fingerprint density at radius 2 is 1.77 bits per heavy atom. The summed E-state index contributed by atoms with van der Waals surface area (Å²) in [6, 6.07) is 4.55. The molecule has 26 heavy (non-hydrogen) atoms. The van der Waals surface area contributed by atoms with Crippen LogP contribution in [-0.2, 0) is 0 Å². The van der Waals surface area contributed by atoms with Gasteiger partial charge in [-0.25, -0.2) is 0 Å². The van der Waals surface area contributed by atoms with E-state index >= 15 is 0 Å². The van der Waals surface area contributed by atoms with Crippen molar-refractivity contribution in [3.63, 3.8) is 0 Å². The number of hydrogen-bond donors (Lipinski definition) is 3. The van der Waals surface area contributed by atoms with Crippen molar-refractivity contribution in [3.8, 4) is 23.0 Å². The van der Waals surface area contributed by atoms with Gasteiger partial charge < -0.3 is 24.8 Å². The third-order valence-electron chi connectivity index (χ3n) is 4.82. The number of hydrogen-bond acceptors (Lipinski definition) is 7. The van der Waals surface area contributed by atoms with Gasteiger partial charge in [0.05, 0.1) is 41.6 Å². The zero-order valence-electron chi connectivity index (χ0n) is 14.1. The van der Waals surface area contributed by atoms with E-state index in [-0.39, 0.29) is 45.7 Å². The van der Waals surface area contributed by atoms with Gasteiger partial charge in [-0.05, 0) is 13.0 Å². The quantitative estimate of drug-likeness (QED) is 0.572. The fraction of sp³-hybridized carbons (Fsp3) is 0.263. The molecule has 7 heteroatoms. The molecule has 0 amide bonds. The van der Waals surface area contributed by atoms with E-state index < -0.39 is 35.3 Å². The SMILES string of the molecule is COc1cccc2c1C(=O)c1c(O)c3c(c(O)c1C2=O)O[C@@H](C)C[C@@H]3O. The normalized spacial score (nSPS) is 20.7. The van der Waals surface area contributed by atoms with Crippen LogP contribution >= 0.6 is 0 Å². The van der Waals surface area contributed by atoms with Crippen LogP contribution in [0.5, 0.6) is 23.0 Å². The molecular weight excluding hydrogens is 340 g/mol. The van der Waals surface area contributed by atoms with E-state index in [1.807, 2.05) is 0 Å². The second-order valence-electron chi connectivity index (χ2n) is 6.41. The number of carbonyl (C=O) groups excluding carboxylic acids is 2. The number of phenols is 2. The Morgan fingerprint density at radius 3 is 2.46 bits per heavy atom. The highest BCUT2D eigenvalue weighted by Gasteiger charge is 2.42. The van der Waals surface area contributed by atoms with Crippen LogP contribution in [0.3, 0.4) is 0 Å². The van der Waals surface area contributed by atoms with Gasteiger partial charge in [0.1, 0.15) is 11.5 Å². The maximum atomic E-state index is 13.0. The number of aromatic hydroxyl groups is 2. The first-order chi connectivity index (χ1) is 12.4. The molecule has 2 atom stereocenters. The molecular formula is C19H16O7. The molecule has 3 N–H and O–H groups in total. The lowest BCUT2D eigenvalue weighted by Crippen LogP contribution is -2.27. The van der Waals surface area contributed by atoms with Gasteiger partial charge in [0, 0.05) is 12.0 Å². The summed E-state index contributed by atoms with van der Waals surface area (Å²) in [6.45, 7) is 1.69. The monoisotopic (exact) mass is 356 g/mol. The zero-order chi connectivity index (χ0) is 18.7. The number of carbonyl (C=O) groups is 2. The molecule has 0 saturated heterocycles. The molecule has 7 nitrogen and oxygen atoms in total. The molecule has 0 unspecified atom stereocenters. The standard InChI is InChI=1S/C19H16O7/c1-7-6-9(20)12-17(23)14-13(18(24)19(12)26-7)15(21)8-4-3-5-10(25-2)11(8)16(14)22/h3-5,7,9,20,23-24H,6H2,1-2H3/t7-,9-/m0/s1. The number of benzene rings is 2. The van der Waals surface area contributed by atoms with Gasteiger partial charge in [-0.15, -0.1) is 0 Å². The van der Waals surface area contributed by atoms with Crippen LogP contribution in [0.2, 0.25) is 0 Å². The predicted molar refractivity (Wildman–Crippen MR) is 89.3 cm³/mol. The number of aliphatic hydroxyl groups excluding tert-OH is 1. The summed E-state index contributed by atoms with van der Waals surface area (Å²) >= 11 is 0. The summed E-state index contributed by atoms with van der Waals surface area (Å²) in [6.07, 6.45) is -1.38. The van der Waals surface area contributed by atoms with Gasteiger partial charge in [0.15, 0.2) is 17.3 Å². The lowest BCUT2D eigenvalue weighted by atomic mass is 9.80. The summed E-state index contributed by atoms with van der Waals surface area (Å²) in [4.78, 5) is 26.0. The minimum Gasteiger partial charge on any atom is -0.507 e. The first-order valence-corrected chi connectivity index (χ1v) is 8.09. The number of ketones is 2. The lowest BCUT2D eigenvalue weighted by Gasteiger charge is -2.31. The van der Waals surface area contributed by atoms with Crippen LogP contribution < -0.4 is 9.47 Å². The number of methoxy groups -OCH3 is 1. The molecule has 0 aromatic heterocycles. The largest absolute Gasteiger partial charge is 0.507 e. The van der Waals surface area contributed by atoms with E-state index in [0.717, 1.165) is 0 Å². The van der Waals surface area contributed by atoms with Gasteiger partial charge >= 0.3 is 0 Å². The Hall–Kier alpha value is -3.06.